The average molecular weight is 299 g/mol. The summed E-state index contributed by atoms with van der Waals surface area (Å²) in [6.45, 7) is 4.07. The number of aromatic nitrogens is 4. The van der Waals surface area contributed by atoms with Gasteiger partial charge in [-0.25, -0.2) is 9.97 Å². The van der Waals surface area contributed by atoms with Crippen molar-refractivity contribution in [1.82, 2.24) is 20.2 Å². The van der Waals surface area contributed by atoms with Gasteiger partial charge in [0.05, 0.1) is 0 Å². The third-order valence-corrected chi connectivity index (χ3v) is 3.94. The molecule has 0 saturated carbocycles. The van der Waals surface area contributed by atoms with Crippen LogP contribution in [0.3, 0.4) is 0 Å². The lowest BCUT2D eigenvalue weighted by molar-refractivity contribution is 0.914. The molecule has 3 rings (SSSR count). The number of hydrogen-bond acceptors (Lipinski definition) is 5. The van der Waals surface area contributed by atoms with Crippen molar-refractivity contribution in [1.29, 1.82) is 0 Å². The second-order valence-electron chi connectivity index (χ2n) is 4.83. The first-order valence-electron chi connectivity index (χ1n) is 6.91. The number of nitrogens with zero attached hydrogens (tertiary/aromatic N) is 3. The molecule has 0 atom stereocenters. The molecule has 0 aromatic carbocycles. The minimum Gasteiger partial charge on any atom is -0.323 e. The molecule has 0 aliphatic rings. The first kappa shape index (κ1) is 13.8. The van der Waals surface area contributed by atoms with Gasteiger partial charge in [0.15, 0.2) is 5.82 Å². The standard InChI is InChI=1S/C15H17N5S/c1-3-11-8-13(18-15-7-10(2)19-20-15)17-14(16-11)9-12-5-4-6-21-12/h4-8H,3,9H2,1-2H3,(H2,16,17,18,19,20). The predicted molar refractivity (Wildman–Crippen MR) is 85.1 cm³/mol. The van der Waals surface area contributed by atoms with Crippen LogP contribution in [0.25, 0.3) is 0 Å². The van der Waals surface area contributed by atoms with Crippen LogP contribution in [0.4, 0.5) is 11.6 Å². The van der Waals surface area contributed by atoms with Gasteiger partial charge in [-0.3, -0.25) is 5.10 Å². The van der Waals surface area contributed by atoms with Gasteiger partial charge in [0.25, 0.3) is 0 Å². The quantitative estimate of drug-likeness (QED) is 0.757. The van der Waals surface area contributed by atoms with Crippen LogP contribution in [0, 0.1) is 6.92 Å². The Labute approximate surface area is 127 Å². The van der Waals surface area contributed by atoms with Crippen LogP contribution in [0.15, 0.2) is 29.6 Å². The molecule has 0 aliphatic carbocycles. The summed E-state index contributed by atoms with van der Waals surface area (Å²) < 4.78 is 0. The smallest absolute Gasteiger partial charge is 0.153 e. The molecule has 21 heavy (non-hydrogen) atoms. The Bertz CT molecular complexity index is 718. The van der Waals surface area contributed by atoms with Crippen molar-refractivity contribution >= 4 is 23.0 Å². The largest absolute Gasteiger partial charge is 0.323 e. The fourth-order valence-electron chi connectivity index (χ4n) is 2.06. The van der Waals surface area contributed by atoms with Gasteiger partial charge in [-0.1, -0.05) is 13.0 Å². The van der Waals surface area contributed by atoms with E-state index in [-0.39, 0.29) is 0 Å². The second-order valence-corrected chi connectivity index (χ2v) is 5.86. The maximum absolute atomic E-state index is 4.60. The van der Waals surface area contributed by atoms with Crippen molar-refractivity contribution in [3.05, 3.63) is 51.7 Å². The highest BCUT2D eigenvalue weighted by Gasteiger charge is 2.07. The molecule has 0 unspecified atom stereocenters. The van der Waals surface area contributed by atoms with Gasteiger partial charge >= 0.3 is 0 Å². The Balaban J connectivity index is 1.85. The van der Waals surface area contributed by atoms with E-state index in [2.05, 4.69) is 49.9 Å². The summed E-state index contributed by atoms with van der Waals surface area (Å²) in [4.78, 5) is 10.5. The van der Waals surface area contributed by atoms with Crippen molar-refractivity contribution in [3.63, 3.8) is 0 Å². The van der Waals surface area contributed by atoms with E-state index in [0.717, 1.165) is 41.7 Å². The Morgan fingerprint density at radius 1 is 1.24 bits per heavy atom. The molecule has 0 aliphatic heterocycles. The normalized spacial score (nSPS) is 10.8. The first-order chi connectivity index (χ1) is 10.2. The first-order valence-corrected chi connectivity index (χ1v) is 7.79. The van der Waals surface area contributed by atoms with E-state index >= 15 is 0 Å². The molecule has 3 aromatic heterocycles. The minimum atomic E-state index is 0.764. The molecule has 0 bridgehead atoms. The highest BCUT2D eigenvalue weighted by Crippen LogP contribution is 2.17. The van der Waals surface area contributed by atoms with E-state index in [1.165, 1.54) is 4.88 Å². The zero-order valence-electron chi connectivity index (χ0n) is 12.1. The summed E-state index contributed by atoms with van der Waals surface area (Å²) in [6.07, 6.45) is 1.65. The summed E-state index contributed by atoms with van der Waals surface area (Å²) in [5.41, 5.74) is 2.05. The molecule has 0 fully saturated rings. The summed E-state index contributed by atoms with van der Waals surface area (Å²) >= 11 is 1.73. The van der Waals surface area contributed by atoms with Gasteiger partial charge in [0, 0.05) is 34.8 Å². The molecule has 3 heterocycles. The fraction of sp³-hybridized carbons (Fsp3) is 0.267. The number of thiophene rings is 1. The number of rotatable bonds is 5. The van der Waals surface area contributed by atoms with Crippen LogP contribution in [0.5, 0.6) is 0 Å². The third kappa shape index (κ3) is 3.46. The number of nitrogens with one attached hydrogen (secondary N) is 2. The zero-order chi connectivity index (χ0) is 14.7. The van der Waals surface area contributed by atoms with Crippen LogP contribution < -0.4 is 5.32 Å². The molecule has 0 saturated heterocycles. The van der Waals surface area contributed by atoms with Crippen LogP contribution in [-0.4, -0.2) is 20.2 Å². The van der Waals surface area contributed by atoms with Gasteiger partial charge < -0.3 is 5.32 Å². The molecular weight excluding hydrogens is 282 g/mol. The van der Waals surface area contributed by atoms with Crippen molar-refractivity contribution in [2.75, 3.05) is 5.32 Å². The van der Waals surface area contributed by atoms with Gasteiger partial charge in [-0.05, 0) is 24.8 Å². The summed E-state index contributed by atoms with van der Waals surface area (Å²) in [7, 11) is 0. The average Bonchev–Trinajstić information content (AvgIpc) is 3.10. The van der Waals surface area contributed by atoms with E-state index in [1.807, 2.05) is 19.1 Å². The molecule has 5 nitrogen and oxygen atoms in total. The number of aromatic amines is 1. The van der Waals surface area contributed by atoms with E-state index in [1.54, 1.807) is 11.3 Å². The Kier molecular flexibility index (Phi) is 3.96. The van der Waals surface area contributed by atoms with Gasteiger partial charge in [-0.2, -0.15) is 5.10 Å². The van der Waals surface area contributed by atoms with Crippen molar-refractivity contribution in [2.24, 2.45) is 0 Å². The predicted octanol–water partition coefficient (Wildman–Crippen LogP) is 3.47. The lowest BCUT2D eigenvalue weighted by Crippen LogP contribution is -2.03. The third-order valence-electron chi connectivity index (χ3n) is 3.06. The number of hydrogen-bond donors (Lipinski definition) is 2. The van der Waals surface area contributed by atoms with E-state index in [9.17, 15) is 0 Å². The number of H-pyrrole nitrogens is 1. The molecule has 0 spiro atoms. The van der Waals surface area contributed by atoms with Crippen LogP contribution in [0.2, 0.25) is 0 Å². The minimum absolute atomic E-state index is 0.764. The number of anilines is 2. The van der Waals surface area contributed by atoms with Gasteiger partial charge in [0.1, 0.15) is 11.6 Å². The topological polar surface area (TPSA) is 66.5 Å². The molecule has 108 valence electrons. The highest BCUT2D eigenvalue weighted by atomic mass is 32.1. The fourth-order valence-corrected chi connectivity index (χ4v) is 2.76. The Morgan fingerprint density at radius 2 is 2.14 bits per heavy atom. The molecule has 0 radical (unpaired) electrons. The monoisotopic (exact) mass is 299 g/mol. The highest BCUT2D eigenvalue weighted by molar-refractivity contribution is 7.09. The van der Waals surface area contributed by atoms with Crippen LogP contribution in [0.1, 0.15) is 29.0 Å². The molecule has 0 amide bonds. The SMILES string of the molecule is CCc1cc(Nc2cc(C)[nH]n2)nc(Cc2cccs2)n1. The maximum Gasteiger partial charge on any atom is 0.153 e. The van der Waals surface area contributed by atoms with Crippen LogP contribution in [-0.2, 0) is 12.8 Å². The van der Waals surface area contributed by atoms with Crippen LogP contribution >= 0.6 is 11.3 Å². The number of aryl methyl sites for hydroxylation is 2. The van der Waals surface area contributed by atoms with Crippen molar-refractivity contribution < 1.29 is 0 Å². The Morgan fingerprint density at radius 3 is 2.81 bits per heavy atom. The van der Waals surface area contributed by atoms with Crippen molar-refractivity contribution in [3.8, 4) is 0 Å². The lowest BCUT2D eigenvalue weighted by Gasteiger charge is -2.07. The molecular formula is C15H17N5S. The van der Waals surface area contributed by atoms with Crippen molar-refractivity contribution in [2.45, 2.75) is 26.7 Å². The lowest BCUT2D eigenvalue weighted by atomic mass is 10.2. The van der Waals surface area contributed by atoms with E-state index < -0.39 is 0 Å². The summed E-state index contributed by atoms with van der Waals surface area (Å²) in [5, 5.41) is 12.4. The molecule has 2 N–H and O–H groups in total. The zero-order valence-corrected chi connectivity index (χ0v) is 12.9. The Hall–Kier alpha value is -2.21. The summed E-state index contributed by atoms with van der Waals surface area (Å²) in [5.74, 6) is 2.40. The second kappa shape index (κ2) is 6.05. The molecule has 3 aromatic rings. The van der Waals surface area contributed by atoms with Gasteiger partial charge in [0.2, 0.25) is 0 Å². The molecule has 6 heteroatoms. The summed E-state index contributed by atoms with van der Waals surface area (Å²) in [6, 6.07) is 8.08. The van der Waals surface area contributed by atoms with Gasteiger partial charge in [-0.15, -0.1) is 11.3 Å². The van der Waals surface area contributed by atoms with E-state index in [0.29, 0.717) is 0 Å². The van der Waals surface area contributed by atoms with E-state index in [4.69, 9.17) is 0 Å². The maximum atomic E-state index is 4.60.